The Morgan fingerprint density at radius 3 is 2.81 bits per heavy atom. The number of benzene rings is 1. The van der Waals surface area contributed by atoms with Gasteiger partial charge in [0.15, 0.2) is 12.4 Å². The van der Waals surface area contributed by atoms with Crippen molar-refractivity contribution in [3.8, 4) is 5.75 Å². The Bertz CT molecular complexity index is 1050. The van der Waals surface area contributed by atoms with Gasteiger partial charge in [-0.25, -0.2) is 4.79 Å². The highest BCUT2D eigenvalue weighted by molar-refractivity contribution is 6.45. The molecule has 0 aliphatic heterocycles. The fourth-order valence-corrected chi connectivity index (χ4v) is 4.48. The van der Waals surface area contributed by atoms with Crippen LogP contribution in [0.25, 0.3) is 0 Å². The number of aliphatic carboxylic acids is 1. The van der Waals surface area contributed by atoms with Crippen LogP contribution in [0.4, 0.5) is 0 Å². The largest absolute Gasteiger partial charge is 0.480 e. The average molecular weight is 408 g/mol. The maximum atomic E-state index is 14.0. The molecule has 0 amide bonds. The molecule has 1 aromatic rings. The molecule has 0 radical (unpaired) electrons. The van der Waals surface area contributed by atoms with Gasteiger partial charge in [0.05, 0.1) is 5.02 Å². The molecule has 3 rings (SSSR count). The summed E-state index contributed by atoms with van der Waals surface area (Å²) in [7, 11) is 0. The molecule has 6 heteroatoms. The van der Waals surface area contributed by atoms with Crippen LogP contribution in [0.3, 0.4) is 0 Å². The maximum absolute atomic E-state index is 14.0. The van der Waals surface area contributed by atoms with Crippen molar-refractivity contribution in [2.24, 2.45) is 11.3 Å². The third-order valence-corrected chi connectivity index (χ3v) is 5.96. The van der Waals surface area contributed by atoms with Gasteiger partial charge >= 0.3 is 5.97 Å². The van der Waals surface area contributed by atoms with E-state index in [4.69, 9.17) is 45.4 Å². The average Bonchev–Trinajstić information content (AvgIpc) is 3.35. The Balaban J connectivity index is 2.24. The Morgan fingerprint density at radius 2 is 2.15 bits per heavy atom. The second kappa shape index (κ2) is 7.77. The molecule has 0 saturated heterocycles. The van der Waals surface area contributed by atoms with Crippen molar-refractivity contribution >= 4 is 35.0 Å². The van der Waals surface area contributed by atoms with Crippen LogP contribution in [0.5, 0.6) is 5.75 Å². The molecule has 1 saturated carbocycles. The minimum atomic E-state index is -3.64. The summed E-state index contributed by atoms with van der Waals surface area (Å²) in [6.45, 7) is -4.28. The van der Waals surface area contributed by atoms with Crippen molar-refractivity contribution < 1.29 is 31.8 Å². The molecule has 2 aliphatic carbocycles. The van der Waals surface area contributed by atoms with E-state index in [1.54, 1.807) is 0 Å². The molecular weight excluding hydrogens is 375 g/mol. The molecule has 0 unspecified atom stereocenters. The first-order chi connectivity index (χ1) is 15.8. The summed E-state index contributed by atoms with van der Waals surface area (Å²) in [6, 6.07) is 1.26. The molecule has 26 heavy (non-hydrogen) atoms. The Labute approximate surface area is 176 Å². The molecule has 142 valence electrons. The van der Waals surface area contributed by atoms with Crippen molar-refractivity contribution in [2.75, 3.05) is 6.61 Å². The van der Waals surface area contributed by atoms with Gasteiger partial charge in [-0.1, -0.05) is 55.6 Å². The van der Waals surface area contributed by atoms with Crippen LogP contribution in [0.15, 0.2) is 6.07 Å². The van der Waals surface area contributed by atoms with E-state index in [9.17, 15) is 9.59 Å². The zero-order valence-corrected chi connectivity index (χ0v) is 15.3. The number of fused-ring (bicyclic) bond motifs is 1. The Morgan fingerprint density at radius 1 is 1.42 bits per heavy atom. The number of carboxylic acids is 1. The lowest BCUT2D eigenvalue weighted by Crippen LogP contribution is -2.35. The molecule has 0 bridgehead atoms. The van der Waals surface area contributed by atoms with Crippen LogP contribution in [0.1, 0.15) is 79.9 Å². The molecule has 0 heterocycles. The number of halogens is 2. The topological polar surface area (TPSA) is 63.6 Å². The number of rotatable bonds is 7. The van der Waals surface area contributed by atoms with Gasteiger partial charge < -0.3 is 9.84 Å². The predicted molar refractivity (Wildman–Crippen MR) is 102 cm³/mol. The molecule has 1 N–H and O–H groups in total. The number of carbonyl (C=O) groups is 2. The third-order valence-electron chi connectivity index (χ3n) is 5.11. The van der Waals surface area contributed by atoms with Crippen LogP contribution in [-0.4, -0.2) is 23.5 Å². The number of ketones is 1. The SMILES string of the molecule is [2H]C([2H])([2H])C([2H])([2H])C([2H])([2H])C([2H])([2H])[C@@]1(C2CCCC2)Cc2cc(OCC(=O)O)c(Cl)c(Cl)c2C1=O. The van der Waals surface area contributed by atoms with E-state index in [1.165, 1.54) is 6.07 Å². The van der Waals surface area contributed by atoms with Crippen molar-refractivity contribution in [1.82, 2.24) is 0 Å². The van der Waals surface area contributed by atoms with Gasteiger partial charge in [0.25, 0.3) is 0 Å². The summed E-state index contributed by atoms with van der Waals surface area (Å²) >= 11 is 12.6. The van der Waals surface area contributed by atoms with Crippen molar-refractivity contribution in [3.05, 3.63) is 27.2 Å². The lowest BCUT2D eigenvalue weighted by molar-refractivity contribution is -0.139. The maximum Gasteiger partial charge on any atom is 0.341 e. The van der Waals surface area contributed by atoms with Crippen molar-refractivity contribution in [1.29, 1.82) is 0 Å². The second-order valence-corrected chi connectivity index (χ2v) is 7.31. The van der Waals surface area contributed by atoms with Crippen molar-refractivity contribution in [2.45, 2.75) is 58.1 Å². The van der Waals surface area contributed by atoms with E-state index in [0.29, 0.717) is 25.7 Å². The van der Waals surface area contributed by atoms with E-state index < -0.39 is 62.1 Å². The summed E-state index contributed by atoms with van der Waals surface area (Å²) in [5.74, 6) is -3.07. The number of Topliss-reactive ketones (excluding diaryl/α,β-unsaturated/α-hetero) is 1. The molecule has 2 aliphatic rings. The molecule has 1 aromatic carbocycles. The first-order valence-electron chi connectivity index (χ1n) is 12.7. The first-order valence-corrected chi connectivity index (χ1v) is 9.00. The van der Waals surface area contributed by atoms with Crippen LogP contribution in [0, 0.1) is 11.3 Å². The number of carbonyl (C=O) groups excluding carboxylic acids is 1. The Hall–Kier alpha value is -1.26. The standard InChI is InChI=1S/C20H24Cl2O4/c1-2-3-8-20(13-6-4-5-7-13)10-12-9-14(26-11-15(23)24)17(21)18(22)16(12)19(20)25/h9,13H,2-8,10-11H2,1H3,(H,23,24)/t20-/m0/s1/i1D3,2D2,3D2,8D2. The van der Waals surface area contributed by atoms with E-state index in [-0.39, 0.29) is 26.9 Å². The van der Waals surface area contributed by atoms with Gasteiger partial charge in [-0.15, -0.1) is 0 Å². The zero-order valence-electron chi connectivity index (χ0n) is 22.8. The highest BCUT2D eigenvalue weighted by Gasteiger charge is 2.51. The second-order valence-electron chi connectivity index (χ2n) is 6.55. The van der Waals surface area contributed by atoms with E-state index >= 15 is 0 Å². The zero-order chi connectivity index (χ0) is 26.8. The van der Waals surface area contributed by atoms with Crippen molar-refractivity contribution in [3.63, 3.8) is 0 Å². The lowest BCUT2D eigenvalue weighted by Gasteiger charge is -2.34. The van der Waals surface area contributed by atoms with Gasteiger partial charge in [-0.3, -0.25) is 4.79 Å². The molecule has 0 aromatic heterocycles. The molecule has 4 nitrogen and oxygen atoms in total. The molecule has 0 spiro atoms. The smallest absolute Gasteiger partial charge is 0.341 e. The predicted octanol–water partition coefficient (Wildman–Crippen LogP) is 5.56. The first kappa shape index (κ1) is 10.9. The number of ether oxygens (including phenoxy) is 1. The summed E-state index contributed by atoms with van der Waals surface area (Å²) in [4.78, 5) is 24.9. The minimum Gasteiger partial charge on any atom is -0.480 e. The molecule has 1 atom stereocenters. The van der Waals surface area contributed by atoms with E-state index in [2.05, 4.69) is 0 Å². The van der Waals surface area contributed by atoms with Gasteiger partial charge in [0.1, 0.15) is 10.8 Å². The van der Waals surface area contributed by atoms with Crippen LogP contribution in [0.2, 0.25) is 10.0 Å². The lowest BCUT2D eigenvalue weighted by atomic mass is 9.68. The van der Waals surface area contributed by atoms with Gasteiger partial charge in [0.2, 0.25) is 0 Å². The van der Waals surface area contributed by atoms with E-state index in [1.807, 2.05) is 0 Å². The number of hydrogen-bond donors (Lipinski definition) is 1. The van der Waals surface area contributed by atoms with Crippen LogP contribution >= 0.6 is 23.2 Å². The van der Waals surface area contributed by atoms with Gasteiger partial charge in [0, 0.05) is 23.3 Å². The molecular formula is C20H24Cl2O4. The Kier molecular flexibility index (Phi) is 3.26. The summed E-state index contributed by atoms with van der Waals surface area (Å²) in [5, 5.41) is 8.32. The quantitative estimate of drug-likeness (QED) is 0.641. The summed E-state index contributed by atoms with van der Waals surface area (Å²) in [5.41, 5.74) is -2.21. The van der Waals surface area contributed by atoms with E-state index in [0.717, 1.165) is 0 Å². The molecule has 1 fully saturated rings. The minimum absolute atomic E-state index is 0.144. The van der Waals surface area contributed by atoms with Crippen LogP contribution in [-0.2, 0) is 11.2 Å². The van der Waals surface area contributed by atoms with Gasteiger partial charge in [-0.2, -0.15) is 0 Å². The number of carboxylic acid groups (broad SMARTS) is 1. The fourth-order valence-electron chi connectivity index (χ4n) is 3.98. The summed E-state index contributed by atoms with van der Waals surface area (Å²) in [6.07, 6.45) is -9.01. The highest BCUT2D eigenvalue weighted by atomic mass is 35.5. The van der Waals surface area contributed by atoms with Crippen LogP contribution < -0.4 is 4.74 Å². The highest BCUT2D eigenvalue weighted by Crippen LogP contribution is 2.54. The number of hydrogen-bond acceptors (Lipinski definition) is 3. The third kappa shape index (κ3) is 3.34. The monoisotopic (exact) mass is 407 g/mol. The summed E-state index contributed by atoms with van der Waals surface area (Å²) < 4.78 is 78.5. The normalized spacial score (nSPS) is 29.9. The van der Waals surface area contributed by atoms with Gasteiger partial charge in [-0.05, 0) is 43.2 Å². The fraction of sp³-hybridized carbons (Fsp3) is 0.600.